The van der Waals surface area contributed by atoms with Gasteiger partial charge in [0.1, 0.15) is 5.75 Å². The summed E-state index contributed by atoms with van der Waals surface area (Å²) in [5.41, 5.74) is 2.05. The number of nitrogens with zero attached hydrogens (tertiary/aromatic N) is 1. The van der Waals surface area contributed by atoms with Gasteiger partial charge in [0.15, 0.2) is 0 Å². The summed E-state index contributed by atoms with van der Waals surface area (Å²) in [5, 5.41) is 9.37. The normalized spacial score (nSPS) is 25.4. The predicted molar refractivity (Wildman–Crippen MR) is 80.8 cm³/mol. The maximum absolute atomic E-state index is 11.4. The van der Waals surface area contributed by atoms with Crippen molar-refractivity contribution in [2.45, 2.75) is 32.6 Å². The van der Waals surface area contributed by atoms with Crippen molar-refractivity contribution in [2.75, 3.05) is 26.2 Å². The second kappa shape index (κ2) is 5.68. The van der Waals surface area contributed by atoms with E-state index in [1.54, 1.807) is 0 Å². The molecule has 1 aromatic rings. The molecular formula is C17H23NO3. The fourth-order valence-corrected chi connectivity index (χ4v) is 3.39. The van der Waals surface area contributed by atoms with Crippen LogP contribution in [0.15, 0.2) is 18.2 Å². The number of carboxylic acids is 1. The highest BCUT2D eigenvalue weighted by Crippen LogP contribution is 2.30. The highest BCUT2D eigenvalue weighted by atomic mass is 16.5. The minimum absolute atomic E-state index is 0.579. The summed E-state index contributed by atoms with van der Waals surface area (Å²) in [6.07, 6.45) is 3.74. The zero-order valence-corrected chi connectivity index (χ0v) is 12.6. The van der Waals surface area contributed by atoms with Gasteiger partial charge in [0, 0.05) is 19.5 Å². The molecule has 114 valence electrons. The van der Waals surface area contributed by atoms with Gasteiger partial charge in [0.25, 0.3) is 0 Å². The molecule has 2 aliphatic heterocycles. The predicted octanol–water partition coefficient (Wildman–Crippen LogP) is 2.35. The van der Waals surface area contributed by atoms with Gasteiger partial charge in [-0.25, -0.2) is 0 Å². The Balaban J connectivity index is 1.59. The highest BCUT2D eigenvalue weighted by molar-refractivity contribution is 5.74. The molecule has 1 aromatic carbocycles. The van der Waals surface area contributed by atoms with Crippen LogP contribution >= 0.6 is 0 Å². The summed E-state index contributed by atoms with van der Waals surface area (Å²) in [7, 11) is 0. The first-order chi connectivity index (χ1) is 10.1. The molecule has 3 rings (SSSR count). The van der Waals surface area contributed by atoms with Crippen LogP contribution in [0.2, 0.25) is 0 Å². The van der Waals surface area contributed by atoms with E-state index in [0.29, 0.717) is 6.54 Å². The van der Waals surface area contributed by atoms with E-state index in [1.807, 2.05) is 6.92 Å². The third-order valence-electron chi connectivity index (χ3n) is 4.76. The molecule has 1 atom stereocenters. The molecular weight excluding hydrogens is 266 g/mol. The molecule has 0 aromatic heterocycles. The van der Waals surface area contributed by atoms with Crippen molar-refractivity contribution in [3.63, 3.8) is 0 Å². The Morgan fingerprint density at radius 2 is 2.33 bits per heavy atom. The van der Waals surface area contributed by atoms with Crippen LogP contribution in [0.1, 0.15) is 30.9 Å². The molecule has 1 unspecified atom stereocenters. The maximum atomic E-state index is 11.4. The lowest BCUT2D eigenvalue weighted by Crippen LogP contribution is -2.46. The molecule has 4 heteroatoms. The van der Waals surface area contributed by atoms with Crippen molar-refractivity contribution in [3.05, 3.63) is 29.3 Å². The Kier molecular flexibility index (Phi) is 3.89. The van der Waals surface area contributed by atoms with Crippen LogP contribution in [0.25, 0.3) is 0 Å². The summed E-state index contributed by atoms with van der Waals surface area (Å²) in [5.74, 6) is 0.358. The first kappa shape index (κ1) is 14.4. The number of benzene rings is 1. The molecule has 0 radical (unpaired) electrons. The second-order valence-electron chi connectivity index (χ2n) is 6.54. The van der Waals surface area contributed by atoms with Crippen LogP contribution in [-0.4, -0.2) is 42.2 Å². The van der Waals surface area contributed by atoms with E-state index in [4.69, 9.17) is 4.74 Å². The van der Waals surface area contributed by atoms with Gasteiger partial charge in [-0.1, -0.05) is 12.1 Å². The van der Waals surface area contributed by atoms with Crippen LogP contribution in [0.5, 0.6) is 5.75 Å². The summed E-state index contributed by atoms with van der Waals surface area (Å²) in [6.45, 7) is 5.27. The van der Waals surface area contributed by atoms with Crippen LogP contribution in [0.4, 0.5) is 0 Å². The van der Waals surface area contributed by atoms with Crippen LogP contribution in [-0.2, 0) is 17.6 Å². The Labute approximate surface area is 125 Å². The van der Waals surface area contributed by atoms with Gasteiger partial charge in [-0.3, -0.25) is 4.79 Å². The molecule has 0 bridgehead atoms. The number of aliphatic carboxylic acids is 1. The minimum Gasteiger partial charge on any atom is -0.493 e. The average Bonchev–Trinajstić information content (AvgIpc) is 2.92. The Hall–Kier alpha value is -1.55. The largest absolute Gasteiger partial charge is 0.493 e. The maximum Gasteiger partial charge on any atom is 0.310 e. The number of hydrogen-bond acceptors (Lipinski definition) is 3. The lowest BCUT2D eigenvalue weighted by molar-refractivity contribution is -0.151. The molecule has 0 aliphatic carbocycles. The molecule has 2 aliphatic rings. The van der Waals surface area contributed by atoms with E-state index in [9.17, 15) is 9.90 Å². The molecule has 1 N–H and O–H groups in total. The minimum atomic E-state index is -0.665. The lowest BCUT2D eigenvalue weighted by Gasteiger charge is -2.37. The molecule has 1 fully saturated rings. The quantitative estimate of drug-likeness (QED) is 0.924. The fraction of sp³-hybridized carbons (Fsp3) is 0.588. The number of rotatable bonds is 4. The zero-order valence-electron chi connectivity index (χ0n) is 12.6. The van der Waals surface area contributed by atoms with Gasteiger partial charge in [-0.05, 0) is 49.9 Å². The Morgan fingerprint density at radius 1 is 1.48 bits per heavy atom. The van der Waals surface area contributed by atoms with E-state index >= 15 is 0 Å². The summed E-state index contributed by atoms with van der Waals surface area (Å²) in [6, 6.07) is 6.43. The average molecular weight is 289 g/mol. The number of likely N-dealkylation sites (tertiary alicyclic amines) is 1. The molecule has 21 heavy (non-hydrogen) atoms. The molecule has 2 heterocycles. The van der Waals surface area contributed by atoms with Crippen molar-refractivity contribution in [3.8, 4) is 5.75 Å². The molecule has 0 amide bonds. The van der Waals surface area contributed by atoms with E-state index in [1.165, 1.54) is 11.1 Å². The van der Waals surface area contributed by atoms with Crippen LogP contribution in [0.3, 0.4) is 0 Å². The van der Waals surface area contributed by atoms with Crippen molar-refractivity contribution >= 4 is 5.97 Å². The number of fused-ring (bicyclic) bond motifs is 1. The molecule has 1 saturated heterocycles. The highest BCUT2D eigenvalue weighted by Gasteiger charge is 2.37. The topological polar surface area (TPSA) is 49.8 Å². The number of ether oxygens (including phenoxy) is 1. The van der Waals surface area contributed by atoms with E-state index in [2.05, 4.69) is 23.1 Å². The zero-order chi connectivity index (χ0) is 14.9. The van der Waals surface area contributed by atoms with Gasteiger partial charge in [-0.2, -0.15) is 0 Å². The van der Waals surface area contributed by atoms with E-state index in [0.717, 1.165) is 51.1 Å². The van der Waals surface area contributed by atoms with Gasteiger partial charge < -0.3 is 14.7 Å². The van der Waals surface area contributed by atoms with Crippen molar-refractivity contribution in [1.82, 2.24) is 4.90 Å². The Bertz CT molecular complexity index is 543. The van der Waals surface area contributed by atoms with Crippen LogP contribution < -0.4 is 4.74 Å². The van der Waals surface area contributed by atoms with E-state index in [-0.39, 0.29) is 0 Å². The van der Waals surface area contributed by atoms with Crippen molar-refractivity contribution in [2.24, 2.45) is 5.41 Å². The monoisotopic (exact) mass is 289 g/mol. The lowest BCUT2D eigenvalue weighted by atomic mass is 9.82. The number of carbonyl (C=O) groups is 1. The molecule has 0 saturated carbocycles. The smallest absolute Gasteiger partial charge is 0.310 e. The van der Waals surface area contributed by atoms with Gasteiger partial charge in [-0.15, -0.1) is 0 Å². The first-order valence-electron chi connectivity index (χ1n) is 7.77. The van der Waals surface area contributed by atoms with Crippen LogP contribution in [0, 0.1) is 5.41 Å². The fourth-order valence-electron chi connectivity index (χ4n) is 3.39. The summed E-state index contributed by atoms with van der Waals surface area (Å²) < 4.78 is 5.53. The number of piperidine rings is 1. The summed E-state index contributed by atoms with van der Waals surface area (Å²) in [4.78, 5) is 13.7. The number of carboxylic acid groups (broad SMARTS) is 1. The molecule has 4 nitrogen and oxygen atoms in total. The van der Waals surface area contributed by atoms with Crippen molar-refractivity contribution < 1.29 is 14.6 Å². The number of hydrogen-bond donors (Lipinski definition) is 1. The SMILES string of the molecule is CC1(C(=O)O)CCCN(CCc2ccc3c(c2)CCO3)C1. The standard InChI is InChI=1S/C17H23NO3/c1-17(16(19)20)7-2-8-18(12-17)9-5-13-3-4-15-14(11-13)6-10-21-15/h3-4,11H,2,5-10,12H2,1H3,(H,19,20). The second-order valence-corrected chi connectivity index (χ2v) is 6.54. The van der Waals surface area contributed by atoms with Gasteiger partial charge in [0.05, 0.1) is 12.0 Å². The third kappa shape index (κ3) is 3.05. The third-order valence-corrected chi connectivity index (χ3v) is 4.76. The molecule has 0 spiro atoms. The summed E-state index contributed by atoms with van der Waals surface area (Å²) >= 11 is 0. The van der Waals surface area contributed by atoms with Gasteiger partial charge in [0.2, 0.25) is 0 Å². The Morgan fingerprint density at radius 3 is 3.14 bits per heavy atom. The van der Waals surface area contributed by atoms with Gasteiger partial charge >= 0.3 is 5.97 Å². The first-order valence-corrected chi connectivity index (χ1v) is 7.77. The van der Waals surface area contributed by atoms with Crippen molar-refractivity contribution in [1.29, 1.82) is 0 Å². The van der Waals surface area contributed by atoms with E-state index < -0.39 is 11.4 Å².